The highest BCUT2D eigenvalue weighted by atomic mass is 32.2. The van der Waals surface area contributed by atoms with Crippen molar-refractivity contribution in [3.05, 3.63) is 29.8 Å². The van der Waals surface area contributed by atoms with Crippen LogP contribution in [0.3, 0.4) is 0 Å². The van der Waals surface area contributed by atoms with Gasteiger partial charge in [-0.15, -0.1) is 0 Å². The van der Waals surface area contributed by atoms with Crippen molar-refractivity contribution in [1.29, 1.82) is 0 Å². The predicted octanol–water partition coefficient (Wildman–Crippen LogP) is 1.24. The molecule has 0 radical (unpaired) electrons. The molecule has 27 heavy (non-hydrogen) atoms. The fraction of sp³-hybridized carbons (Fsp3) is 0.526. The molecule has 0 aliphatic carbocycles. The minimum atomic E-state index is -0.573. The van der Waals surface area contributed by atoms with Gasteiger partial charge in [0.1, 0.15) is 11.8 Å². The number of ether oxygens (including phenoxy) is 1. The number of hydrogen-bond donors (Lipinski definition) is 1. The van der Waals surface area contributed by atoms with Gasteiger partial charge < -0.3 is 19.9 Å². The van der Waals surface area contributed by atoms with Crippen LogP contribution in [-0.4, -0.2) is 78.9 Å². The van der Waals surface area contributed by atoms with Gasteiger partial charge in [-0.25, -0.2) is 0 Å². The summed E-state index contributed by atoms with van der Waals surface area (Å²) in [5, 5.41) is 2.87. The Bertz CT molecular complexity index is 657. The van der Waals surface area contributed by atoms with Crippen LogP contribution in [0.1, 0.15) is 23.7 Å². The number of nitrogens with zero attached hydrogens (tertiary/aromatic N) is 2. The van der Waals surface area contributed by atoms with Gasteiger partial charge in [0.15, 0.2) is 0 Å². The number of benzene rings is 1. The molecule has 148 valence electrons. The highest BCUT2D eigenvalue weighted by Crippen LogP contribution is 2.13. The fourth-order valence-corrected chi connectivity index (χ4v) is 3.41. The van der Waals surface area contributed by atoms with E-state index in [0.717, 1.165) is 5.75 Å². The van der Waals surface area contributed by atoms with Crippen molar-refractivity contribution >= 4 is 29.5 Å². The maximum atomic E-state index is 12.9. The van der Waals surface area contributed by atoms with E-state index in [2.05, 4.69) is 5.32 Å². The van der Waals surface area contributed by atoms with Gasteiger partial charge in [0.05, 0.1) is 7.11 Å². The molecule has 0 spiro atoms. The Labute approximate surface area is 164 Å². The van der Waals surface area contributed by atoms with Gasteiger partial charge in [0.2, 0.25) is 11.8 Å². The Hall–Kier alpha value is -2.22. The lowest BCUT2D eigenvalue weighted by Gasteiger charge is -2.36. The van der Waals surface area contributed by atoms with E-state index in [1.165, 1.54) is 6.92 Å². The first kappa shape index (κ1) is 21.1. The molecule has 0 saturated carbocycles. The van der Waals surface area contributed by atoms with Crippen LogP contribution in [0.15, 0.2) is 24.3 Å². The topological polar surface area (TPSA) is 79.0 Å². The van der Waals surface area contributed by atoms with Gasteiger partial charge >= 0.3 is 0 Å². The van der Waals surface area contributed by atoms with E-state index in [1.54, 1.807) is 52.9 Å². The fourth-order valence-electron chi connectivity index (χ4n) is 2.94. The Morgan fingerprint density at radius 2 is 1.70 bits per heavy atom. The molecule has 1 heterocycles. The van der Waals surface area contributed by atoms with E-state index in [1.807, 2.05) is 6.26 Å². The number of nitrogens with one attached hydrogen (secondary N) is 1. The summed E-state index contributed by atoms with van der Waals surface area (Å²) in [5.41, 5.74) is 0.485. The molecule has 1 atom stereocenters. The summed E-state index contributed by atoms with van der Waals surface area (Å²) in [7, 11) is 1.57. The maximum Gasteiger partial charge on any atom is 0.251 e. The third-order valence-corrected chi connectivity index (χ3v) is 5.25. The first-order valence-electron chi connectivity index (χ1n) is 8.94. The Morgan fingerprint density at radius 3 is 2.22 bits per heavy atom. The maximum absolute atomic E-state index is 12.9. The monoisotopic (exact) mass is 393 g/mol. The number of carbonyl (C=O) groups is 3. The molecular formula is C19H27N3O4S. The number of methoxy groups -OCH3 is 1. The second-order valence-corrected chi connectivity index (χ2v) is 7.35. The number of amides is 3. The van der Waals surface area contributed by atoms with Crippen molar-refractivity contribution < 1.29 is 19.1 Å². The zero-order valence-corrected chi connectivity index (χ0v) is 16.9. The SMILES string of the molecule is COc1ccc(C(=O)N[C@H](CCSC)C(=O)N2CCN(C(C)=O)CC2)cc1. The van der Waals surface area contributed by atoms with Crippen LogP contribution in [0.2, 0.25) is 0 Å². The summed E-state index contributed by atoms with van der Waals surface area (Å²) in [4.78, 5) is 40.4. The number of hydrogen-bond acceptors (Lipinski definition) is 5. The van der Waals surface area contributed by atoms with Crippen LogP contribution < -0.4 is 10.1 Å². The van der Waals surface area contributed by atoms with Gasteiger partial charge in [0.25, 0.3) is 5.91 Å². The molecule has 1 aromatic carbocycles. The molecule has 2 rings (SSSR count). The third kappa shape index (κ3) is 5.89. The lowest BCUT2D eigenvalue weighted by Crippen LogP contribution is -2.55. The first-order chi connectivity index (χ1) is 13.0. The third-order valence-electron chi connectivity index (χ3n) is 4.60. The number of thioether (sulfide) groups is 1. The lowest BCUT2D eigenvalue weighted by molar-refractivity contribution is -0.139. The van der Waals surface area contributed by atoms with Gasteiger partial charge in [0, 0.05) is 38.7 Å². The Morgan fingerprint density at radius 1 is 1.11 bits per heavy atom. The molecule has 8 heteroatoms. The van der Waals surface area contributed by atoms with Crippen LogP contribution in [-0.2, 0) is 9.59 Å². The Kier molecular flexibility index (Phi) is 7.97. The van der Waals surface area contributed by atoms with Crippen LogP contribution in [0, 0.1) is 0 Å². The second kappa shape index (κ2) is 10.2. The van der Waals surface area contributed by atoms with Gasteiger partial charge in [-0.05, 0) is 42.7 Å². The molecule has 1 aliphatic heterocycles. The van der Waals surface area contributed by atoms with E-state index in [4.69, 9.17) is 4.74 Å². The molecule has 1 saturated heterocycles. The standard InChI is InChI=1S/C19H27N3O4S/c1-14(23)21-9-11-22(12-10-21)19(25)17(8-13-27-3)20-18(24)15-4-6-16(26-2)7-5-15/h4-7,17H,8-13H2,1-3H3,(H,20,24)/t17-/m1/s1. The summed E-state index contributed by atoms with van der Waals surface area (Å²) >= 11 is 1.63. The molecule has 0 aromatic heterocycles. The highest BCUT2D eigenvalue weighted by molar-refractivity contribution is 7.98. The first-order valence-corrected chi connectivity index (χ1v) is 10.3. The number of rotatable bonds is 7. The lowest BCUT2D eigenvalue weighted by atomic mass is 10.1. The molecule has 1 fully saturated rings. The summed E-state index contributed by atoms with van der Waals surface area (Å²) in [6.07, 6.45) is 2.53. The molecule has 1 N–H and O–H groups in total. The molecule has 0 bridgehead atoms. The average molecular weight is 394 g/mol. The van der Waals surface area contributed by atoms with E-state index >= 15 is 0 Å². The summed E-state index contributed by atoms with van der Waals surface area (Å²) in [5.74, 6) is 1.10. The molecule has 7 nitrogen and oxygen atoms in total. The van der Waals surface area contributed by atoms with Crippen molar-refractivity contribution in [3.63, 3.8) is 0 Å². The van der Waals surface area contributed by atoms with Crippen LogP contribution in [0.5, 0.6) is 5.75 Å². The van der Waals surface area contributed by atoms with Crippen LogP contribution in [0.25, 0.3) is 0 Å². The van der Waals surface area contributed by atoms with Crippen molar-refractivity contribution in [1.82, 2.24) is 15.1 Å². The number of piperazine rings is 1. The van der Waals surface area contributed by atoms with E-state index in [9.17, 15) is 14.4 Å². The Balaban J connectivity index is 2.01. The van der Waals surface area contributed by atoms with E-state index in [-0.39, 0.29) is 17.7 Å². The van der Waals surface area contributed by atoms with Gasteiger partial charge in [-0.3, -0.25) is 14.4 Å². The molecule has 1 aromatic rings. The normalized spacial score (nSPS) is 15.2. The zero-order chi connectivity index (χ0) is 19.8. The van der Waals surface area contributed by atoms with E-state index < -0.39 is 6.04 Å². The second-order valence-electron chi connectivity index (χ2n) is 6.37. The largest absolute Gasteiger partial charge is 0.497 e. The predicted molar refractivity (Wildman–Crippen MR) is 106 cm³/mol. The summed E-state index contributed by atoms with van der Waals surface area (Å²) < 4.78 is 5.10. The van der Waals surface area contributed by atoms with Crippen molar-refractivity contribution in [2.24, 2.45) is 0 Å². The summed E-state index contributed by atoms with van der Waals surface area (Å²) in [6.45, 7) is 3.58. The van der Waals surface area contributed by atoms with Crippen molar-refractivity contribution in [2.45, 2.75) is 19.4 Å². The highest BCUT2D eigenvalue weighted by Gasteiger charge is 2.29. The number of carbonyl (C=O) groups excluding carboxylic acids is 3. The van der Waals surface area contributed by atoms with Crippen LogP contribution >= 0.6 is 11.8 Å². The minimum Gasteiger partial charge on any atom is -0.497 e. The quantitative estimate of drug-likeness (QED) is 0.754. The van der Waals surface area contributed by atoms with Gasteiger partial charge in [-0.2, -0.15) is 11.8 Å². The van der Waals surface area contributed by atoms with Crippen molar-refractivity contribution in [3.8, 4) is 5.75 Å². The smallest absolute Gasteiger partial charge is 0.251 e. The molecule has 1 aliphatic rings. The molecular weight excluding hydrogens is 366 g/mol. The average Bonchev–Trinajstić information content (AvgIpc) is 2.70. The van der Waals surface area contributed by atoms with Crippen molar-refractivity contribution in [2.75, 3.05) is 45.3 Å². The summed E-state index contributed by atoms with van der Waals surface area (Å²) in [6, 6.07) is 6.21. The molecule has 3 amide bonds. The minimum absolute atomic E-state index is 0.0221. The van der Waals surface area contributed by atoms with Crippen LogP contribution in [0.4, 0.5) is 0 Å². The van der Waals surface area contributed by atoms with Gasteiger partial charge in [-0.1, -0.05) is 0 Å². The molecule has 0 unspecified atom stereocenters. The zero-order valence-electron chi connectivity index (χ0n) is 16.1. The van der Waals surface area contributed by atoms with E-state index in [0.29, 0.717) is 43.9 Å².